The van der Waals surface area contributed by atoms with Crippen molar-refractivity contribution in [2.45, 2.75) is 135 Å². The number of carboxylic acid groups (broad SMARTS) is 1. The Morgan fingerprint density at radius 3 is 1.97 bits per heavy atom. The van der Waals surface area contributed by atoms with Gasteiger partial charge in [-0.1, -0.05) is 96.6 Å². The number of carboxylic acids is 1. The number of rotatable bonds is 19. The minimum atomic E-state index is -0.707. The molecule has 1 unspecified atom stereocenters. The molecule has 0 aromatic rings. The average Bonchev–Trinajstić information content (AvgIpc) is 2.89. The van der Waals surface area contributed by atoms with Crippen molar-refractivity contribution >= 4 is 43.8 Å². The largest absolute Gasteiger partial charge is 0.481 e. The fourth-order valence-corrected chi connectivity index (χ4v) is 8.05. The molecule has 0 heterocycles. The van der Waals surface area contributed by atoms with Crippen molar-refractivity contribution in [2.75, 3.05) is 17.3 Å². The summed E-state index contributed by atoms with van der Waals surface area (Å²) in [6.07, 6.45) is 21.5. The molecule has 0 aromatic carbocycles. The van der Waals surface area contributed by atoms with E-state index in [9.17, 15) is 14.7 Å². The highest BCUT2D eigenvalue weighted by atomic mass is 79.9. The van der Waals surface area contributed by atoms with E-state index in [-0.39, 0.29) is 12.4 Å². The molecule has 0 radical (unpaired) electrons. The Labute approximate surface area is 244 Å². The van der Waals surface area contributed by atoms with Crippen LogP contribution < -0.4 is 0 Å². The molecular formula is C31H54Br2O4. The van der Waals surface area contributed by atoms with Crippen LogP contribution in [0.25, 0.3) is 0 Å². The lowest BCUT2D eigenvalue weighted by Crippen LogP contribution is -2.42. The summed E-state index contributed by atoms with van der Waals surface area (Å²) in [6, 6.07) is 0. The molecule has 4 nitrogen and oxygen atoms in total. The maximum absolute atomic E-state index is 13.0. The zero-order valence-corrected chi connectivity index (χ0v) is 26.7. The van der Waals surface area contributed by atoms with Crippen LogP contribution in [0.3, 0.4) is 0 Å². The van der Waals surface area contributed by atoms with E-state index >= 15 is 0 Å². The molecule has 0 aromatic heterocycles. The molecule has 0 bridgehead atoms. The van der Waals surface area contributed by atoms with Crippen molar-refractivity contribution < 1.29 is 19.4 Å². The monoisotopic (exact) mass is 648 g/mol. The maximum atomic E-state index is 13.0. The van der Waals surface area contributed by atoms with Crippen molar-refractivity contribution in [3.05, 3.63) is 0 Å². The van der Waals surface area contributed by atoms with Gasteiger partial charge in [0.15, 0.2) is 0 Å². The molecule has 0 aliphatic heterocycles. The quantitative estimate of drug-likeness (QED) is 0.0859. The van der Waals surface area contributed by atoms with Gasteiger partial charge in [-0.3, -0.25) is 9.59 Å². The SMILES string of the molecule is CCCC1CCC(C2CCC(CC(=O)OCCCCCCBr)(C(CCCCCCBr)C(=O)O)CC2)CC1. The van der Waals surface area contributed by atoms with Gasteiger partial charge in [-0.2, -0.15) is 0 Å². The second kappa shape index (κ2) is 19.1. The lowest BCUT2D eigenvalue weighted by molar-refractivity contribution is -0.156. The number of unbranched alkanes of at least 4 members (excludes halogenated alkanes) is 6. The summed E-state index contributed by atoms with van der Waals surface area (Å²) in [7, 11) is 0. The Hall–Kier alpha value is -0.100. The highest BCUT2D eigenvalue weighted by molar-refractivity contribution is 9.09. The highest BCUT2D eigenvalue weighted by Crippen LogP contribution is 2.52. The Kier molecular flexibility index (Phi) is 17.1. The average molecular weight is 651 g/mol. The van der Waals surface area contributed by atoms with Crippen LogP contribution in [-0.2, 0) is 14.3 Å². The van der Waals surface area contributed by atoms with E-state index < -0.39 is 17.3 Å². The molecule has 0 amide bonds. The Balaban J connectivity index is 1.98. The van der Waals surface area contributed by atoms with Gasteiger partial charge < -0.3 is 9.84 Å². The van der Waals surface area contributed by atoms with E-state index in [1.54, 1.807) is 0 Å². The molecule has 1 N–H and O–H groups in total. The molecule has 6 heteroatoms. The second-order valence-electron chi connectivity index (χ2n) is 12.1. The van der Waals surface area contributed by atoms with Gasteiger partial charge in [-0.05, 0) is 87.4 Å². The molecule has 37 heavy (non-hydrogen) atoms. The molecule has 2 aliphatic carbocycles. The fourth-order valence-electron chi connectivity index (χ4n) is 7.25. The summed E-state index contributed by atoms with van der Waals surface area (Å²) in [5, 5.41) is 12.4. The first-order chi connectivity index (χ1) is 18.0. The van der Waals surface area contributed by atoms with Crippen LogP contribution in [0.5, 0.6) is 0 Å². The van der Waals surface area contributed by atoms with Gasteiger partial charge in [0.2, 0.25) is 0 Å². The Bertz CT molecular complexity index is 625. The predicted octanol–water partition coefficient (Wildman–Crippen LogP) is 9.70. The van der Waals surface area contributed by atoms with Crippen LogP contribution in [0.15, 0.2) is 0 Å². The zero-order valence-electron chi connectivity index (χ0n) is 23.5. The minimum Gasteiger partial charge on any atom is -0.481 e. The molecular weight excluding hydrogens is 596 g/mol. The van der Waals surface area contributed by atoms with Crippen LogP contribution in [0.2, 0.25) is 0 Å². The number of carbonyl (C=O) groups is 2. The Morgan fingerprint density at radius 2 is 1.41 bits per heavy atom. The van der Waals surface area contributed by atoms with Crippen molar-refractivity contribution in [2.24, 2.45) is 29.1 Å². The first kappa shape index (κ1) is 33.1. The van der Waals surface area contributed by atoms with Gasteiger partial charge in [-0.15, -0.1) is 0 Å². The number of hydrogen-bond donors (Lipinski definition) is 1. The van der Waals surface area contributed by atoms with E-state index in [0.29, 0.717) is 18.9 Å². The third-order valence-electron chi connectivity index (χ3n) is 9.48. The Morgan fingerprint density at radius 1 is 0.838 bits per heavy atom. The molecule has 0 saturated heterocycles. The molecule has 2 rings (SSSR count). The minimum absolute atomic E-state index is 0.176. The summed E-state index contributed by atoms with van der Waals surface area (Å²) >= 11 is 6.95. The molecule has 2 aliphatic rings. The van der Waals surface area contributed by atoms with E-state index in [1.165, 1.54) is 38.5 Å². The number of carbonyl (C=O) groups excluding carboxylic acids is 1. The third kappa shape index (κ3) is 11.9. The lowest BCUT2D eigenvalue weighted by atomic mass is 9.58. The van der Waals surface area contributed by atoms with E-state index in [1.807, 2.05) is 0 Å². The van der Waals surface area contributed by atoms with E-state index in [2.05, 4.69) is 38.8 Å². The van der Waals surface area contributed by atoms with Gasteiger partial charge in [0.05, 0.1) is 18.9 Å². The van der Waals surface area contributed by atoms with E-state index in [0.717, 1.165) is 99.5 Å². The second-order valence-corrected chi connectivity index (χ2v) is 13.6. The number of alkyl halides is 2. The van der Waals surface area contributed by atoms with Crippen molar-refractivity contribution in [3.63, 3.8) is 0 Å². The predicted molar refractivity (Wildman–Crippen MR) is 161 cm³/mol. The zero-order chi connectivity index (χ0) is 26.9. The highest BCUT2D eigenvalue weighted by Gasteiger charge is 2.47. The first-order valence-electron chi connectivity index (χ1n) is 15.5. The molecule has 2 fully saturated rings. The number of aliphatic carboxylic acids is 1. The lowest BCUT2D eigenvalue weighted by Gasteiger charge is -2.46. The number of esters is 1. The van der Waals surface area contributed by atoms with Crippen LogP contribution in [0.1, 0.15) is 135 Å². The smallest absolute Gasteiger partial charge is 0.307 e. The van der Waals surface area contributed by atoms with E-state index in [4.69, 9.17) is 4.74 Å². The van der Waals surface area contributed by atoms with Gasteiger partial charge in [0.1, 0.15) is 0 Å². The van der Waals surface area contributed by atoms with Crippen LogP contribution in [-0.4, -0.2) is 34.3 Å². The summed E-state index contributed by atoms with van der Waals surface area (Å²) in [5.74, 6) is 1.09. The van der Waals surface area contributed by atoms with Crippen LogP contribution >= 0.6 is 31.9 Å². The number of ether oxygens (including phenoxy) is 1. The summed E-state index contributed by atoms with van der Waals surface area (Å²) in [4.78, 5) is 25.6. The van der Waals surface area contributed by atoms with Gasteiger partial charge >= 0.3 is 11.9 Å². The number of hydrogen-bond acceptors (Lipinski definition) is 3. The van der Waals surface area contributed by atoms with Gasteiger partial charge in [0.25, 0.3) is 0 Å². The van der Waals surface area contributed by atoms with Crippen molar-refractivity contribution in [1.82, 2.24) is 0 Å². The normalized spacial score (nSPS) is 27.1. The van der Waals surface area contributed by atoms with Gasteiger partial charge in [-0.25, -0.2) is 0 Å². The van der Waals surface area contributed by atoms with Gasteiger partial charge in [0, 0.05) is 10.7 Å². The molecule has 216 valence electrons. The van der Waals surface area contributed by atoms with Crippen molar-refractivity contribution in [1.29, 1.82) is 0 Å². The number of halogens is 2. The standard InChI is InChI=1S/C31H54Br2O4/c1-2-11-25-13-15-26(16-14-25)27-17-19-31(20-18-27,24-29(34)37-23-10-6-5-9-22-33)28(30(35)36)12-7-3-4-8-21-32/h25-28H,2-24H2,1H3,(H,35,36). The van der Waals surface area contributed by atoms with Crippen LogP contribution in [0.4, 0.5) is 0 Å². The molecule has 0 spiro atoms. The third-order valence-corrected chi connectivity index (χ3v) is 10.6. The van der Waals surface area contributed by atoms with Crippen LogP contribution in [0, 0.1) is 29.1 Å². The molecule has 2 saturated carbocycles. The maximum Gasteiger partial charge on any atom is 0.307 e. The first-order valence-corrected chi connectivity index (χ1v) is 17.7. The summed E-state index contributed by atoms with van der Waals surface area (Å²) < 4.78 is 5.67. The summed E-state index contributed by atoms with van der Waals surface area (Å²) in [6.45, 7) is 2.76. The van der Waals surface area contributed by atoms with Crippen molar-refractivity contribution in [3.8, 4) is 0 Å². The topological polar surface area (TPSA) is 63.6 Å². The fraction of sp³-hybridized carbons (Fsp3) is 0.935. The summed E-state index contributed by atoms with van der Waals surface area (Å²) in [5.41, 5.74) is -0.440. The molecule has 1 atom stereocenters.